The summed E-state index contributed by atoms with van der Waals surface area (Å²) < 4.78 is 11.2. The van der Waals surface area contributed by atoms with Gasteiger partial charge in [0.1, 0.15) is 22.8 Å². The molecule has 2 rings (SSSR count). The van der Waals surface area contributed by atoms with Gasteiger partial charge in [0.15, 0.2) is 0 Å². The van der Waals surface area contributed by atoms with E-state index in [1.807, 2.05) is 30.3 Å². The van der Waals surface area contributed by atoms with Crippen LogP contribution in [0.15, 0.2) is 36.4 Å². The molecule has 0 spiro atoms. The van der Waals surface area contributed by atoms with E-state index in [9.17, 15) is 0 Å². The van der Waals surface area contributed by atoms with Gasteiger partial charge in [0.05, 0.1) is 6.61 Å². The Kier molecular flexibility index (Phi) is 4.44. The van der Waals surface area contributed by atoms with Gasteiger partial charge in [0.2, 0.25) is 0 Å². The number of benzene rings is 1. The van der Waals surface area contributed by atoms with E-state index in [1.54, 1.807) is 13.2 Å². The maximum atomic E-state index is 5.60. The lowest BCUT2D eigenvalue weighted by molar-refractivity contribution is 0.180. The number of hydrogen-bond donors (Lipinski definition) is 1. The van der Waals surface area contributed by atoms with E-state index in [0.29, 0.717) is 23.7 Å². The molecule has 0 amide bonds. The second-order valence-electron chi connectivity index (χ2n) is 3.73. The first kappa shape index (κ1) is 12.7. The van der Waals surface area contributed by atoms with Crippen molar-refractivity contribution in [2.24, 2.45) is 0 Å². The van der Waals surface area contributed by atoms with Crippen LogP contribution in [0, 0.1) is 4.64 Å². The molecule has 0 saturated heterocycles. The number of nitrogens with one attached hydrogen (secondary N) is 1. The molecule has 0 aliphatic heterocycles. The highest BCUT2D eigenvalue weighted by Crippen LogP contribution is 2.10. The molecule has 4 nitrogen and oxygen atoms in total. The molecule has 1 aromatic heterocycles. The molecule has 94 valence electrons. The molecule has 1 heterocycles. The van der Waals surface area contributed by atoms with Crippen LogP contribution in [0.4, 0.5) is 0 Å². The number of methoxy groups -OCH3 is 1. The molecule has 2 aromatic rings. The molecular formula is C13H14N2O2S. The Labute approximate surface area is 111 Å². The van der Waals surface area contributed by atoms with E-state index in [1.165, 1.54) is 0 Å². The number of para-hydroxylation sites is 1. The van der Waals surface area contributed by atoms with Crippen molar-refractivity contribution in [1.82, 2.24) is 9.97 Å². The van der Waals surface area contributed by atoms with Crippen molar-refractivity contribution in [1.29, 1.82) is 0 Å². The van der Waals surface area contributed by atoms with E-state index in [0.717, 1.165) is 11.4 Å². The molecule has 0 radical (unpaired) electrons. The van der Waals surface area contributed by atoms with E-state index < -0.39 is 0 Å². The first-order valence-electron chi connectivity index (χ1n) is 5.54. The third kappa shape index (κ3) is 3.65. The first-order chi connectivity index (χ1) is 8.78. The summed E-state index contributed by atoms with van der Waals surface area (Å²) in [5, 5.41) is 0. The number of hydrogen-bond acceptors (Lipinski definition) is 4. The molecule has 5 heteroatoms. The molecule has 0 aliphatic carbocycles. The van der Waals surface area contributed by atoms with Gasteiger partial charge in [-0.25, -0.2) is 4.98 Å². The summed E-state index contributed by atoms with van der Waals surface area (Å²) >= 11 is 5.09. The fraction of sp³-hybridized carbons (Fsp3) is 0.231. The highest BCUT2D eigenvalue weighted by atomic mass is 32.1. The molecule has 0 atom stereocenters. The van der Waals surface area contributed by atoms with E-state index in [4.69, 9.17) is 21.7 Å². The molecule has 0 unspecified atom stereocenters. The van der Waals surface area contributed by atoms with E-state index in [-0.39, 0.29) is 0 Å². The Morgan fingerprint density at radius 3 is 2.72 bits per heavy atom. The summed E-state index contributed by atoms with van der Waals surface area (Å²) in [5.41, 5.74) is 0.893. The molecule has 0 bridgehead atoms. The monoisotopic (exact) mass is 262 g/mol. The summed E-state index contributed by atoms with van der Waals surface area (Å²) in [6, 6.07) is 11.4. The van der Waals surface area contributed by atoms with Gasteiger partial charge >= 0.3 is 0 Å². The fourth-order valence-electron chi connectivity index (χ4n) is 1.53. The van der Waals surface area contributed by atoms with Crippen LogP contribution in [-0.4, -0.2) is 17.1 Å². The molecule has 0 saturated carbocycles. The predicted molar refractivity (Wildman–Crippen MR) is 70.9 cm³/mol. The average molecular weight is 262 g/mol. The zero-order valence-electron chi connectivity index (χ0n) is 10.1. The maximum Gasteiger partial charge on any atom is 0.146 e. The minimum absolute atomic E-state index is 0.352. The Morgan fingerprint density at radius 2 is 2.00 bits per heavy atom. The van der Waals surface area contributed by atoms with Crippen molar-refractivity contribution >= 4 is 12.2 Å². The number of rotatable bonds is 5. The molecular weight excluding hydrogens is 248 g/mol. The van der Waals surface area contributed by atoms with Gasteiger partial charge < -0.3 is 14.5 Å². The van der Waals surface area contributed by atoms with Crippen molar-refractivity contribution in [2.45, 2.75) is 13.2 Å². The molecule has 18 heavy (non-hydrogen) atoms. The Morgan fingerprint density at radius 1 is 1.22 bits per heavy atom. The maximum absolute atomic E-state index is 5.60. The summed E-state index contributed by atoms with van der Waals surface area (Å²) in [6.45, 7) is 0.829. The minimum atomic E-state index is 0.352. The van der Waals surface area contributed by atoms with Crippen molar-refractivity contribution in [3.8, 4) is 5.75 Å². The van der Waals surface area contributed by atoms with E-state index >= 15 is 0 Å². The van der Waals surface area contributed by atoms with Crippen molar-refractivity contribution in [3.05, 3.63) is 52.6 Å². The van der Waals surface area contributed by atoms with Crippen LogP contribution in [0.1, 0.15) is 11.5 Å². The van der Waals surface area contributed by atoms with Crippen LogP contribution in [0.25, 0.3) is 0 Å². The number of H-pyrrole nitrogens is 1. The van der Waals surface area contributed by atoms with Gasteiger partial charge in [-0.1, -0.05) is 30.4 Å². The molecule has 1 N–H and O–H groups in total. The largest absolute Gasteiger partial charge is 0.486 e. The first-order valence-corrected chi connectivity index (χ1v) is 5.94. The van der Waals surface area contributed by atoms with Crippen LogP contribution >= 0.6 is 12.2 Å². The fourth-order valence-corrected chi connectivity index (χ4v) is 1.79. The SMILES string of the molecule is COCc1cc(=S)nc(COc2ccccc2)[nH]1. The van der Waals surface area contributed by atoms with Gasteiger partial charge in [0, 0.05) is 12.8 Å². The topological polar surface area (TPSA) is 47.1 Å². The second kappa shape index (κ2) is 6.28. The minimum Gasteiger partial charge on any atom is -0.486 e. The predicted octanol–water partition coefficient (Wildman–Crippen LogP) is 2.86. The van der Waals surface area contributed by atoms with Gasteiger partial charge in [-0.05, 0) is 18.2 Å². The quantitative estimate of drug-likeness (QED) is 0.842. The van der Waals surface area contributed by atoms with Crippen LogP contribution in [0.2, 0.25) is 0 Å². The average Bonchev–Trinajstić information content (AvgIpc) is 2.37. The zero-order chi connectivity index (χ0) is 12.8. The van der Waals surface area contributed by atoms with Crippen LogP contribution < -0.4 is 4.74 Å². The third-order valence-corrected chi connectivity index (χ3v) is 2.48. The lowest BCUT2D eigenvalue weighted by Crippen LogP contribution is -2.04. The Balaban J connectivity index is 2.07. The second-order valence-corrected chi connectivity index (χ2v) is 4.14. The highest BCUT2D eigenvalue weighted by molar-refractivity contribution is 7.71. The van der Waals surface area contributed by atoms with Crippen LogP contribution in [0.5, 0.6) is 5.75 Å². The number of ether oxygens (including phenoxy) is 2. The number of nitrogens with zero attached hydrogens (tertiary/aromatic N) is 1. The van der Waals surface area contributed by atoms with Crippen molar-refractivity contribution < 1.29 is 9.47 Å². The van der Waals surface area contributed by atoms with Crippen LogP contribution in [-0.2, 0) is 18.0 Å². The van der Waals surface area contributed by atoms with E-state index in [2.05, 4.69) is 9.97 Å². The van der Waals surface area contributed by atoms with Crippen molar-refractivity contribution in [2.75, 3.05) is 7.11 Å². The summed E-state index contributed by atoms with van der Waals surface area (Å²) in [4.78, 5) is 7.34. The third-order valence-electron chi connectivity index (χ3n) is 2.27. The summed E-state index contributed by atoms with van der Waals surface area (Å²) in [7, 11) is 1.64. The van der Waals surface area contributed by atoms with Gasteiger partial charge in [-0.3, -0.25) is 0 Å². The lowest BCUT2D eigenvalue weighted by Gasteiger charge is -2.07. The Hall–Kier alpha value is -1.72. The molecule has 1 aromatic carbocycles. The van der Waals surface area contributed by atoms with Gasteiger partial charge in [-0.2, -0.15) is 0 Å². The smallest absolute Gasteiger partial charge is 0.146 e. The Bertz CT molecular complexity index is 554. The zero-order valence-corrected chi connectivity index (χ0v) is 10.9. The highest BCUT2D eigenvalue weighted by Gasteiger charge is 2.00. The summed E-state index contributed by atoms with van der Waals surface area (Å²) in [5.74, 6) is 1.49. The number of aromatic nitrogens is 2. The molecule has 0 aliphatic rings. The van der Waals surface area contributed by atoms with Crippen LogP contribution in [0.3, 0.4) is 0 Å². The standard InChI is InChI=1S/C13H14N2O2S/c1-16-8-10-7-13(18)15-12(14-10)9-17-11-5-3-2-4-6-11/h2-7H,8-9H2,1H3,(H,14,15,18). The summed E-state index contributed by atoms with van der Waals surface area (Å²) in [6.07, 6.45) is 0. The normalized spacial score (nSPS) is 10.3. The molecule has 0 fully saturated rings. The van der Waals surface area contributed by atoms with Crippen molar-refractivity contribution in [3.63, 3.8) is 0 Å². The lowest BCUT2D eigenvalue weighted by atomic mass is 10.3. The van der Waals surface area contributed by atoms with Gasteiger partial charge in [-0.15, -0.1) is 0 Å². The number of aromatic amines is 1. The van der Waals surface area contributed by atoms with Gasteiger partial charge in [0.25, 0.3) is 0 Å².